The molecule has 5 heteroatoms. The Balaban J connectivity index is 1.95. The molecule has 0 aromatic heterocycles. The summed E-state index contributed by atoms with van der Waals surface area (Å²) in [4.78, 5) is 13.0. The van der Waals surface area contributed by atoms with E-state index in [4.69, 9.17) is 10.5 Å². The van der Waals surface area contributed by atoms with Crippen molar-refractivity contribution in [2.45, 2.75) is 4.90 Å². The van der Waals surface area contributed by atoms with Gasteiger partial charge in [-0.2, -0.15) is 0 Å². The number of hydrogen-bond donors (Lipinski definition) is 2. The molecule has 0 bridgehead atoms. The van der Waals surface area contributed by atoms with Gasteiger partial charge < -0.3 is 15.8 Å². The van der Waals surface area contributed by atoms with Crippen molar-refractivity contribution in [2.24, 2.45) is 0 Å². The van der Waals surface area contributed by atoms with Crippen molar-refractivity contribution in [3.63, 3.8) is 0 Å². The van der Waals surface area contributed by atoms with E-state index in [1.807, 2.05) is 30.3 Å². The quantitative estimate of drug-likeness (QED) is 0.655. The number of anilines is 2. The molecule has 0 saturated heterocycles. The zero-order chi connectivity index (χ0) is 14.4. The normalized spacial score (nSPS) is 10.1. The van der Waals surface area contributed by atoms with Crippen LogP contribution >= 0.6 is 11.8 Å². The molecule has 1 amide bonds. The summed E-state index contributed by atoms with van der Waals surface area (Å²) < 4.78 is 5.19. The third-order valence-electron chi connectivity index (χ3n) is 2.61. The fraction of sp³-hybridized carbons (Fsp3) is 0.133. The van der Waals surface area contributed by atoms with Crippen molar-refractivity contribution >= 4 is 29.0 Å². The van der Waals surface area contributed by atoms with Gasteiger partial charge in [0.2, 0.25) is 5.91 Å². The summed E-state index contributed by atoms with van der Waals surface area (Å²) in [6, 6.07) is 14.9. The number of nitrogens with two attached hydrogens (primary N) is 1. The van der Waals surface area contributed by atoms with Crippen LogP contribution in [0.5, 0.6) is 5.75 Å². The predicted molar refractivity (Wildman–Crippen MR) is 83.2 cm³/mol. The minimum Gasteiger partial charge on any atom is -0.494 e. The highest BCUT2D eigenvalue weighted by atomic mass is 32.2. The van der Waals surface area contributed by atoms with Crippen LogP contribution in [0.25, 0.3) is 0 Å². The van der Waals surface area contributed by atoms with E-state index in [1.165, 1.54) is 11.8 Å². The molecule has 20 heavy (non-hydrogen) atoms. The lowest BCUT2D eigenvalue weighted by atomic mass is 10.2. The molecule has 2 rings (SSSR count). The van der Waals surface area contributed by atoms with Gasteiger partial charge in [-0.25, -0.2) is 0 Å². The van der Waals surface area contributed by atoms with Crippen molar-refractivity contribution < 1.29 is 9.53 Å². The molecule has 0 aliphatic heterocycles. The molecule has 0 aliphatic rings. The monoisotopic (exact) mass is 288 g/mol. The maximum Gasteiger partial charge on any atom is 0.234 e. The minimum atomic E-state index is -0.0816. The highest BCUT2D eigenvalue weighted by molar-refractivity contribution is 8.00. The summed E-state index contributed by atoms with van der Waals surface area (Å²) in [5.74, 6) is 0.822. The number of hydrogen-bond acceptors (Lipinski definition) is 4. The number of thioether (sulfide) groups is 1. The number of methoxy groups -OCH3 is 1. The second kappa shape index (κ2) is 6.86. The molecule has 0 aliphatic carbocycles. The van der Waals surface area contributed by atoms with E-state index >= 15 is 0 Å². The average Bonchev–Trinajstić information content (AvgIpc) is 2.48. The van der Waals surface area contributed by atoms with E-state index in [2.05, 4.69) is 5.32 Å². The lowest BCUT2D eigenvalue weighted by Crippen LogP contribution is -2.14. The molecular weight excluding hydrogens is 272 g/mol. The number of carbonyl (C=O) groups excluding carboxylic acids is 1. The van der Waals surface area contributed by atoms with Crippen LogP contribution in [-0.2, 0) is 4.79 Å². The van der Waals surface area contributed by atoms with Crippen LogP contribution in [0.2, 0.25) is 0 Å². The van der Waals surface area contributed by atoms with Crippen LogP contribution in [-0.4, -0.2) is 18.8 Å². The zero-order valence-electron chi connectivity index (χ0n) is 11.1. The van der Waals surface area contributed by atoms with Gasteiger partial charge in [0.1, 0.15) is 5.75 Å². The Labute approximate surface area is 122 Å². The van der Waals surface area contributed by atoms with Crippen LogP contribution in [0, 0.1) is 0 Å². The molecule has 2 aromatic rings. The molecule has 3 N–H and O–H groups in total. The van der Waals surface area contributed by atoms with Crippen LogP contribution in [0.1, 0.15) is 0 Å². The summed E-state index contributed by atoms with van der Waals surface area (Å²) in [6.45, 7) is 0. The Morgan fingerprint density at radius 2 is 2.00 bits per heavy atom. The van der Waals surface area contributed by atoms with Gasteiger partial charge in [0.25, 0.3) is 0 Å². The van der Waals surface area contributed by atoms with Crippen molar-refractivity contribution in [1.82, 2.24) is 0 Å². The first-order valence-corrected chi connectivity index (χ1v) is 7.09. The van der Waals surface area contributed by atoms with E-state index in [9.17, 15) is 4.79 Å². The van der Waals surface area contributed by atoms with Gasteiger partial charge in [-0.3, -0.25) is 4.79 Å². The molecular formula is C15H16N2O2S. The Hall–Kier alpha value is -2.14. The fourth-order valence-corrected chi connectivity index (χ4v) is 2.38. The Kier molecular flexibility index (Phi) is 4.90. The fourth-order valence-electron chi connectivity index (χ4n) is 1.66. The zero-order valence-corrected chi connectivity index (χ0v) is 11.9. The molecule has 104 valence electrons. The van der Waals surface area contributed by atoms with Gasteiger partial charge in [0.05, 0.1) is 18.6 Å². The van der Waals surface area contributed by atoms with Crippen LogP contribution in [0.3, 0.4) is 0 Å². The molecule has 0 radical (unpaired) electrons. The standard InChI is InChI=1S/C15H16N2O2S/c1-19-14-9-11(16)7-8-13(14)17-15(18)10-20-12-5-3-2-4-6-12/h2-9H,10,16H2,1H3,(H,17,18). The second-order valence-corrected chi connectivity index (χ2v) is 5.16. The topological polar surface area (TPSA) is 64.3 Å². The average molecular weight is 288 g/mol. The number of benzene rings is 2. The largest absolute Gasteiger partial charge is 0.494 e. The molecule has 0 heterocycles. The first kappa shape index (κ1) is 14.3. The second-order valence-electron chi connectivity index (χ2n) is 4.11. The van der Waals surface area contributed by atoms with Crippen molar-refractivity contribution in [3.8, 4) is 5.75 Å². The lowest BCUT2D eigenvalue weighted by Gasteiger charge is -2.10. The number of nitrogens with one attached hydrogen (secondary N) is 1. The molecule has 4 nitrogen and oxygen atoms in total. The van der Waals surface area contributed by atoms with Gasteiger partial charge in [-0.15, -0.1) is 11.8 Å². The summed E-state index contributed by atoms with van der Waals surface area (Å²) in [5.41, 5.74) is 6.89. The van der Waals surface area contributed by atoms with Gasteiger partial charge in [-0.05, 0) is 24.3 Å². The Morgan fingerprint density at radius 1 is 1.25 bits per heavy atom. The SMILES string of the molecule is COc1cc(N)ccc1NC(=O)CSc1ccccc1. The van der Waals surface area contributed by atoms with Crippen molar-refractivity contribution in [1.29, 1.82) is 0 Å². The summed E-state index contributed by atoms with van der Waals surface area (Å²) in [6.07, 6.45) is 0. The number of rotatable bonds is 5. The predicted octanol–water partition coefficient (Wildman–Crippen LogP) is 3.01. The first-order chi connectivity index (χ1) is 9.69. The van der Waals surface area contributed by atoms with E-state index < -0.39 is 0 Å². The highest BCUT2D eigenvalue weighted by Crippen LogP contribution is 2.27. The maximum atomic E-state index is 11.9. The Bertz CT molecular complexity index is 588. The first-order valence-electron chi connectivity index (χ1n) is 6.10. The number of amides is 1. The van der Waals surface area contributed by atoms with E-state index in [-0.39, 0.29) is 5.91 Å². The van der Waals surface area contributed by atoms with Gasteiger partial charge in [0.15, 0.2) is 0 Å². The summed E-state index contributed by atoms with van der Waals surface area (Å²) in [5, 5.41) is 2.82. The summed E-state index contributed by atoms with van der Waals surface area (Å²) in [7, 11) is 1.54. The molecule has 2 aromatic carbocycles. The molecule has 0 fully saturated rings. The third kappa shape index (κ3) is 3.93. The number of nitrogen functional groups attached to an aromatic ring is 1. The molecule has 0 spiro atoms. The van der Waals surface area contributed by atoms with E-state index in [0.29, 0.717) is 22.9 Å². The number of carbonyl (C=O) groups is 1. The van der Waals surface area contributed by atoms with Crippen LogP contribution in [0.4, 0.5) is 11.4 Å². The maximum absolute atomic E-state index is 11.9. The van der Waals surface area contributed by atoms with Crippen LogP contribution < -0.4 is 15.8 Å². The van der Waals surface area contributed by atoms with E-state index in [0.717, 1.165) is 4.90 Å². The van der Waals surface area contributed by atoms with Gasteiger partial charge in [0, 0.05) is 16.6 Å². The van der Waals surface area contributed by atoms with Crippen molar-refractivity contribution in [2.75, 3.05) is 23.9 Å². The minimum absolute atomic E-state index is 0.0816. The van der Waals surface area contributed by atoms with Crippen LogP contribution in [0.15, 0.2) is 53.4 Å². The molecule has 0 atom stereocenters. The molecule has 0 unspecified atom stereocenters. The van der Waals surface area contributed by atoms with Gasteiger partial charge in [-0.1, -0.05) is 18.2 Å². The smallest absolute Gasteiger partial charge is 0.234 e. The molecule has 0 saturated carbocycles. The van der Waals surface area contributed by atoms with Crippen molar-refractivity contribution in [3.05, 3.63) is 48.5 Å². The highest BCUT2D eigenvalue weighted by Gasteiger charge is 2.08. The lowest BCUT2D eigenvalue weighted by molar-refractivity contribution is -0.113. The third-order valence-corrected chi connectivity index (χ3v) is 3.62. The number of ether oxygens (including phenoxy) is 1. The van der Waals surface area contributed by atoms with E-state index in [1.54, 1.807) is 25.3 Å². The van der Waals surface area contributed by atoms with Gasteiger partial charge >= 0.3 is 0 Å². The Morgan fingerprint density at radius 3 is 2.70 bits per heavy atom. The summed E-state index contributed by atoms with van der Waals surface area (Å²) >= 11 is 1.49.